The summed E-state index contributed by atoms with van der Waals surface area (Å²) >= 11 is 0. The first-order valence-corrected chi connectivity index (χ1v) is 9.70. The van der Waals surface area contributed by atoms with Crippen molar-refractivity contribution in [2.24, 2.45) is 5.10 Å². The number of nitrogens with one attached hydrogen (secondary N) is 1. The van der Waals surface area contributed by atoms with Crippen LogP contribution in [0.4, 0.5) is 4.39 Å². The van der Waals surface area contributed by atoms with E-state index in [0.29, 0.717) is 22.7 Å². The van der Waals surface area contributed by atoms with Crippen LogP contribution in [0.2, 0.25) is 0 Å². The fraction of sp³-hybridized carbons (Fsp3) is 0.0400. The normalized spacial score (nSPS) is 11.2. The molecule has 0 saturated heterocycles. The number of hydrogen-bond donors (Lipinski definition) is 1. The highest BCUT2D eigenvalue weighted by Gasteiger charge is 2.14. The van der Waals surface area contributed by atoms with Gasteiger partial charge in [0, 0.05) is 11.1 Å². The van der Waals surface area contributed by atoms with Crippen LogP contribution in [0.1, 0.15) is 23.1 Å². The lowest BCUT2D eigenvalue weighted by Gasteiger charge is -2.08. The molecule has 1 heterocycles. The second-order valence-electron chi connectivity index (χ2n) is 6.84. The average Bonchev–Trinajstić information content (AvgIpc) is 2.83. The third kappa shape index (κ3) is 4.87. The van der Waals surface area contributed by atoms with Gasteiger partial charge in [-0.3, -0.25) is 4.79 Å². The summed E-state index contributed by atoms with van der Waals surface area (Å²) in [5.41, 5.74) is 6.77. The molecule has 4 rings (SSSR count). The van der Waals surface area contributed by atoms with Gasteiger partial charge in [0.05, 0.1) is 17.1 Å². The molecule has 0 unspecified atom stereocenters. The van der Waals surface area contributed by atoms with Crippen LogP contribution in [0.3, 0.4) is 0 Å². The van der Waals surface area contributed by atoms with E-state index >= 15 is 0 Å². The molecule has 0 saturated carbocycles. The molecule has 0 aliphatic carbocycles. The van der Waals surface area contributed by atoms with Crippen molar-refractivity contribution in [2.45, 2.75) is 6.92 Å². The molecule has 0 bridgehead atoms. The molecule has 0 fully saturated rings. The van der Waals surface area contributed by atoms with Gasteiger partial charge in [0.2, 0.25) is 5.82 Å². The Labute approximate surface area is 179 Å². The van der Waals surface area contributed by atoms with Gasteiger partial charge in [0.25, 0.3) is 0 Å². The highest BCUT2D eigenvalue weighted by Crippen LogP contribution is 2.23. The number of aromatic nitrogens is 2. The molecule has 0 radical (unpaired) electrons. The number of halogens is 1. The van der Waals surface area contributed by atoms with Crippen molar-refractivity contribution >= 4 is 11.6 Å². The molecule has 5 nitrogen and oxygen atoms in total. The Morgan fingerprint density at radius 2 is 1.32 bits per heavy atom. The van der Waals surface area contributed by atoms with Crippen LogP contribution in [0, 0.1) is 5.82 Å². The van der Waals surface area contributed by atoms with Crippen molar-refractivity contribution < 1.29 is 9.18 Å². The van der Waals surface area contributed by atoms with Gasteiger partial charge in [-0.2, -0.15) is 5.10 Å². The van der Waals surface area contributed by atoms with E-state index in [1.165, 1.54) is 12.1 Å². The van der Waals surface area contributed by atoms with Crippen molar-refractivity contribution in [1.82, 2.24) is 15.4 Å². The Morgan fingerprint density at radius 3 is 1.84 bits per heavy atom. The van der Waals surface area contributed by atoms with E-state index in [2.05, 4.69) is 20.5 Å². The number of benzene rings is 3. The maximum absolute atomic E-state index is 13.1. The first kappa shape index (κ1) is 20.1. The summed E-state index contributed by atoms with van der Waals surface area (Å²) < 4.78 is 13.1. The van der Waals surface area contributed by atoms with E-state index in [4.69, 9.17) is 0 Å². The van der Waals surface area contributed by atoms with Crippen molar-refractivity contribution in [1.29, 1.82) is 0 Å². The predicted octanol–water partition coefficient (Wildman–Crippen LogP) is 5.10. The zero-order valence-electron chi connectivity index (χ0n) is 16.8. The van der Waals surface area contributed by atoms with Crippen LogP contribution in [0.5, 0.6) is 0 Å². The van der Waals surface area contributed by atoms with Gasteiger partial charge in [-0.05, 0) is 30.7 Å². The topological polar surface area (TPSA) is 67.2 Å². The number of rotatable bonds is 5. The summed E-state index contributed by atoms with van der Waals surface area (Å²) in [4.78, 5) is 21.7. The first-order valence-electron chi connectivity index (χ1n) is 9.70. The van der Waals surface area contributed by atoms with E-state index < -0.39 is 5.91 Å². The minimum Gasteiger partial charge on any atom is -0.264 e. The number of carbonyl (C=O) groups is 1. The van der Waals surface area contributed by atoms with E-state index in [9.17, 15) is 9.18 Å². The van der Waals surface area contributed by atoms with Crippen molar-refractivity contribution in [2.75, 3.05) is 0 Å². The molecule has 0 aliphatic heterocycles. The van der Waals surface area contributed by atoms with E-state index in [0.717, 1.165) is 11.1 Å². The van der Waals surface area contributed by atoms with Gasteiger partial charge in [0.1, 0.15) is 5.82 Å². The summed E-state index contributed by atoms with van der Waals surface area (Å²) in [5.74, 6) is -0.854. The molecule has 1 N–H and O–H groups in total. The molecule has 152 valence electrons. The van der Waals surface area contributed by atoms with E-state index in [-0.39, 0.29) is 11.6 Å². The van der Waals surface area contributed by atoms with E-state index in [1.807, 2.05) is 66.7 Å². The van der Waals surface area contributed by atoms with Crippen LogP contribution in [-0.4, -0.2) is 21.6 Å². The summed E-state index contributed by atoms with van der Waals surface area (Å²) in [5, 5.41) is 4.12. The van der Waals surface area contributed by atoms with Crippen molar-refractivity contribution in [3.8, 4) is 22.5 Å². The van der Waals surface area contributed by atoms with Gasteiger partial charge < -0.3 is 0 Å². The molecule has 4 aromatic rings. The fourth-order valence-electron chi connectivity index (χ4n) is 3.00. The van der Waals surface area contributed by atoms with Gasteiger partial charge >= 0.3 is 5.91 Å². The van der Waals surface area contributed by atoms with Crippen LogP contribution in [0.25, 0.3) is 22.5 Å². The quantitative estimate of drug-likeness (QED) is 0.367. The molecule has 0 spiro atoms. The largest absolute Gasteiger partial charge is 0.309 e. The lowest BCUT2D eigenvalue weighted by molar-refractivity contribution is 0.0944. The standard InChI is InChI=1S/C25H19FN4O/c1-17(18-12-14-21(26)15-13-18)29-30-25(31)24-27-22(19-8-4-2-5-9-19)16-23(28-24)20-10-6-3-7-11-20/h2-16H,1H3,(H,30,31)/b29-17+. The summed E-state index contributed by atoms with van der Waals surface area (Å²) in [7, 11) is 0. The Hall–Kier alpha value is -4.19. The maximum Gasteiger partial charge on any atom is 0.309 e. The number of nitrogens with zero attached hydrogens (tertiary/aromatic N) is 3. The minimum atomic E-state index is -0.531. The fourth-order valence-corrected chi connectivity index (χ4v) is 3.00. The number of amides is 1. The first-order chi connectivity index (χ1) is 15.1. The van der Waals surface area contributed by atoms with Crippen LogP contribution < -0.4 is 5.43 Å². The Kier molecular flexibility index (Phi) is 5.89. The van der Waals surface area contributed by atoms with Crippen molar-refractivity contribution in [3.05, 3.63) is 108 Å². The lowest BCUT2D eigenvalue weighted by atomic mass is 10.1. The van der Waals surface area contributed by atoms with Crippen LogP contribution in [0.15, 0.2) is 96.1 Å². The summed E-state index contributed by atoms with van der Waals surface area (Å²) in [6, 6.07) is 26.9. The SMILES string of the molecule is C/C(=N\NC(=O)c1nc(-c2ccccc2)cc(-c2ccccc2)n1)c1ccc(F)cc1. The van der Waals surface area contributed by atoms with Gasteiger partial charge in [-0.15, -0.1) is 0 Å². The highest BCUT2D eigenvalue weighted by molar-refractivity contribution is 6.00. The minimum absolute atomic E-state index is 0.0101. The second-order valence-corrected chi connectivity index (χ2v) is 6.84. The molecule has 0 aliphatic rings. The predicted molar refractivity (Wildman–Crippen MR) is 119 cm³/mol. The number of hydrazone groups is 1. The summed E-state index contributed by atoms with van der Waals surface area (Å²) in [6.45, 7) is 1.73. The number of carbonyl (C=O) groups excluding carboxylic acids is 1. The Balaban J connectivity index is 1.67. The maximum atomic E-state index is 13.1. The molecule has 1 amide bonds. The highest BCUT2D eigenvalue weighted by atomic mass is 19.1. The van der Waals surface area contributed by atoms with Crippen LogP contribution in [-0.2, 0) is 0 Å². The zero-order chi connectivity index (χ0) is 21.6. The molecule has 0 atom stereocenters. The van der Waals surface area contributed by atoms with Crippen molar-refractivity contribution in [3.63, 3.8) is 0 Å². The van der Waals surface area contributed by atoms with Gasteiger partial charge in [-0.25, -0.2) is 19.8 Å². The van der Waals surface area contributed by atoms with E-state index in [1.54, 1.807) is 19.1 Å². The van der Waals surface area contributed by atoms with Gasteiger partial charge in [0.15, 0.2) is 0 Å². The molecule has 1 aromatic heterocycles. The zero-order valence-corrected chi connectivity index (χ0v) is 16.8. The Bertz CT molecular complexity index is 1170. The molecule has 31 heavy (non-hydrogen) atoms. The molecule has 6 heteroatoms. The molecular weight excluding hydrogens is 391 g/mol. The third-order valence-corrected chi connectivity index (χ3v) is 4.66. The summed E-state index contributed by atoms with van der Waals surface area (Å²) in [6.07, 6.45) is 0. The monoisotopic (exact) mass is 410 g/mol. The Morgan fingerprint density at radius 1 is 0.806 bits per heavy atom. The smallest absolute Gasteiger partial charge is 0.264 e. The molecular formula is C25H19FN4O. The van der Waals surface area contributed by atoms with Gasteiger partial charge in [-0.1, -0.05) is 72.8 Å². The second kappa shape index (κ2) is 9.09. The molecule has 3 aromatic carbocycles. The lowest BCUT2D eigenvalue weighted by Crippen LogP contribution is -2.22. The van der Waals surface area contributed by atoms with Crippen LogP contribution >= 0.6 is 0 Å². The third-order valence-electron chi connectivity index (χ3n) is 4.66. The average molecular weight is 410 g/mol. The number of hydrogen-bond acceptors (Lipinski definition) is 4.